The van der Waals surface area contributed by atoms with Gasteiger partial charge in [-0.25, -0.2) is 9.78 Å². The number of aromatic carboxylic acids is 1. The number of hydrogen-bond acceptors (Lipinski definition) is 3. The summed E-state index contributed by atoms with van der Waals surface area (Å²) in [6.45, 7) is 8.66. The predicted molar refractivity (Wildman–Crippen MR) is 63.8 cm³/mol. The molecule has 0 aromatic carbocycles. The minimum atomic E-state index is -1.02. The Balaban J connectivity index is 2.88. The van der Waals surface area contributed by atoms with Crippen LogP contribution in [0.3, 0.4) is 0 Å². The maximum Gasteiger partial charge on any atom is 0.354 e. The van der Waals surface area contributed by atoms with Crippen molar-refractivity contribution >= 4 is 11.7 Å². The summed E-state index contributed by atoms with van der Waals surface area (Å²) in [5, 5.41) is 8.71. The standard InChI is InChI=1S/C12H14N2O2/c1-3-7-14(8-4-2)10-5-6-11(12(15)16)13-9-10/h3-6,9H,1-2,7-8H2,(H,15,16). The van der Waals surface area contributed by atoms with Gasteiger partial charge in [-0.15, -0.1) is 13.2 Å². The summed E-state index contributed by atoms with van der Waals surface area (Å²) in [5.74, 6) is -1.02. The SMILES string of the molecule is C=CCN(CC=C)c1ccc(C(=O)O)nc1. The zero-order chi connectivity index (χ0) is 12.0. The number of aromatic nitrogens is 1. The Hall–Kier alpha value is -2.10. The second kappa shape index (κ2) is 5.70. The van der Waals surface area contributed by atoms with E-state index in [9.17, 15) is 4.79 Å². The maximum absolute atomic E-state index is 10.6. The molecule has 0 aliphatic heterocycles. The van der Waals surface area contributed by atoms with Gasteiger partial charge in [-0.05, 0) is 12.1 Å². The normalized spacial score (nSPS) is 9.50. The molecule has 0 aliphatic carbocycles. The quantitative estimate of drug-likeness (QED) is 0.741. The van der Waals surface area contributed by atoms with Gasteiger partial charge in [0.2, 0.25) is 0 Å². The van der Waals surface area contributed by atoms with Crippen LogP contribution < -0.4 is 4.90 Å². The fourth-order valence-corrected chi connectivity index (χ4v) is 1.30. The van der Waals surface area contributed by atoms with Crippen molar-refractivity contribution in [3.8, 4) is 0 Å². The highest BCUT2D eigenvalue weighted by Gasteiger charge is 2.06. The molecule has 4 heteroatoms. The number of carboxylic acid groups (broad SMARTS) is 1. The Kier molecular flexibility index (Phi) is 4.27. The molecule has 0 bridgehead atoms. The molecule has 0 amide bonds. The molecule has 1 aromatic rings. The van der Waals surface area contributed by atoms with Gasteiger partial charge in [0.25, 0.3) is 0 Å². The fourth-order valence-electron chi connectivity index (χ4n) is 1.30. The average molecular weight is 218 g/mol. The lowest BCUT2D eigenvalue weighted by Gasteiger charge is -2.20. The third-order valence-corrected chi connectivity index (χ3v) is 2.03. The molecule has 0 saturated heterocycles. The Morgan fingerprint density at radius 3 is 2.38 bits per heavy atom. The molecule has 0 fully saturated rings. The number of carboxylic acids is 1. The van der Waals surface area contributed by atoms with Crippen molar-refractivity contribution in [3.05, 3.63) is 49.3 Å². The van der Waals surface area contributed by atoms with E-state index in [-0.39, 0.29) is 5.69 Å². The lowest BCUT2D eigenvalue weighted by Crippen LogP contribution is -2.23. The molecule has 0 radical (unpaired) electrons. The van der Waals surface area contributed by atoms with E-state index in [2.05, 4.69) is 18.1 Å². The Labute approximate surface area is 94.5 Å². The Morgan fingerprint density at radius 1 is 1.38 bits per heavy atom. The Bertz CT molecular complexity index is 375. The van der Waals surface area contributed by atoms with Crippen LogP contribution in [0.15, 0.2) is 43.6 Å². The summed E-state index contributed by atoms with van der Waals surface area (Å²) in [7, 11) is 0. The summed E-state index contributed by atoms with van der Waals surface area (Å²) in [5.41, 5.74) is 0.894. The van der Waals surface area contributed by atoms with Crippen LogP contribution in [-0.4, -0.2) is 29.1 Å². The molecular weight excluding hydrogens is 204 g/mol. The zero-order valence-electron chi connectivity index (χ0n) is 8.97. The van der Waals surface area contributed by atoms with E-state index in [4.69, 9.17) is 5.11 Å². The van der Waals surface area contributed by atoms with Crippen molar-refractivity contribution in [2.45, 2.75) is 0 Å². The van der Waals surface area contributed by atoms with Crippen LogP contribution >= 0.6 is 0 Å². The molecule has 1 N–H and O–H groups in total. The molecule has 4 nitrogen and oxygen atoms in total. The van der Waals surface area contributed by atoms with E-state index in [0.717, 1.165) is 5.69 Å². The van der Waals surface area contributed by atoms with E-state index in [0.29, 0.717) is 13.1 Å². The number of carbonyl (C=O) groups is 1. The van der Waals surface area contributed by atoms with Crippen LogP contribution in [0.25, 0.3) is 0 Å². The summed E-state index contributed by atoms with van der Waals surface area (Å²) in [6, 6.07) is 3.21. The molecule has 0 spiro atoms. The van der Waals surface area contributed by atoms with Gasteiger partial charge in [0.1, 0.15) is 5.69 Å². The summed E-state index contributed by atoms with van der Waals surface area (Å²) >= 11 is 0. The minimum absolute atomic E-state index is 0.0425. The van der Waals surface area contributed by atoms with Crippen LogP contribution in [0.1, 0.15) is 10.5 Å². The number of pyridine rings is 1. The predicted octanol–water partition coefficient (Wildman–Crippen LogP) is 1.96. The summed E-state index contributed by atoms with van der Waals surface area (Å²) in [6.07, 6.45) is 5.08. The number of hydrogen-bond donors (Lipinski definition) is 1. The van der Waals surface area contributed by atoms with Crippen LogP contribution in [-0.2, 0) is 0 Å². The molecule has 0 unspecified atom stereocenters. The number of nitrogens with zero attached hydrogens (tertiary/aromatic N) is 2. The first kappa shape index (κ1) is 12.0. The molecule has 1 heterocycles. The van der Waals surface area contributed by atoms with Gasteiger partial charge in [-0.3, -0.25) is 0 Å². The third-order valence-electron chi connectivity index (χ3n) is 2.03. The van der Waals surface area contributed by atoms with Crippen molar-refractivity contribution in [2.24, 2.45) is 0 Å². The van der Waals surface area contributed by atoms with E-state index >= 15 is 0 Å². The van der Waals surface area contributed by atoms with E-state index in [1.807, 2.05) is 4.90 Å². The topological polar surface area (TPSA) is 53.4 Å². The van der Waals surface area contributed by atoms with Crippen molar-refractivity contribution < 1.29 is 9.90 Å². The summed E-state index contributed by atoms with van der Waals surface area (Å²) in [4.78, 5) is 16.5. The molecule has 0 atom stereocenters. The lowest BCUT2D eigenvalue weighted by atomic mass is 10.3. The fraction of sp³-hybridized carbons (Fsp3) is 0.167. The van der Waals surface area contributed by atoms with Crippen molar-refractivity contribution in [1.29, 1.82) is 0 Å². The highest BCUT2D eigenvalue weighted by molar-refractivity contribution is 5.85. The van der Waals surface area contributed by atoms with Crippen LogP contribution in [0.4, 0.5) is 5.69 Å². The van der Waals surface area contributed by atoms with Crippen LogP contribution in [0.2, 0.25) is 0 Å². The lowest BCUT2D eigenvalue weighted by molar-refractivity contribution is 0.0690. The van der Waals surface area contributed by atoms with Gasteiger partial charge in [0.05, 0.1) is 11.9 Å². The van der Waals surface area contributed by atoms with E-state index in [1.54, 1.807) is 18.2 Å². The van der Waals surface area contributed by atoms with Gasteiger partial charge in [0, 0.05) is 13.1 Å². The third kappa shape index (κ3) is 2.95. The second-order valence-corrected chi connectivity index (χ2v) is 3.19. The molecule has 16 heavy (non-hydrogen) atoms. The summed E-state index contributed by atoms with van der Waals surface area (Å²) < 4.78 is 0. The van der Waals surface area contributed by atoms with Gasteiger partial charge in [-0.1, -0.05) is 12.2 Å². The maximum atomic E-state index is 10.6. The first-order chi connectivity index (χ1) is 7.69. The molecule has 84 valence electrons. The highest BCUT2D eigenvalue weighted by Crippen LogP contribution is 2.12. The average Bonchev–Trinajstić information content (AvgIpc) is 2.29. The number of rotatable bonds is 6. The van der Waals surface area contributed by atoms with Crippen LogP contribution in [0, 0.1) is 0 Å². The first-order valence-electron chi connectivity index (χ1n) is 4.85. The number of anilines is 1. The van der Waals surface area contributed by atoms with Crippen molar-refractivity contribution in [1.82, 2.24) is 4.98 Å². The van der Waals surface area contributed by atoms with Gasteiger partial charge in [-0.2, -0.15) is 0 Å². The Morgan fingerprint density at radius 2 is 2.00 bits per heavy atom. The molecule has 1 rings (SSSR count). The molecule has 0 saturated carbocycles. The highest BCUT2D eigenvalue weighted by atomic mass is 16.4. The van der Waals surface area contributed by atoms with E-state index in [1.165, 1.54) is 12.3 Å². The smallest absolute Gasteiger partial charge is 0.354 e. The molecule has 1 aromatic heterocycles. The van der Waals surface area contributed by atoms with Gasteiger partial charge >= 0.3 is 5.97 Å². The van der Waals surface area contributed by atoms with Gasteiger partial charge in [0.15, 0.2) is 0 Å². The molecule has 0 aliphatic rings. The van der Waals surface area contributed by atoms with Crippen LogP contribution in [0.5, 0.6) is 0 Å². The first-order valence-corrected chi connectivity index (χ1v) is 4.85. The van der Waals surface area contributed by atoms with E-state index < -0.39 is 5.97 Å². The minimum Gasteiger partial charge on any atom is -0.477 e. The largest absolute Gasteiger partial charge is 0.477 e. The molecular formula is C12H14N2O2. The van der Waals surface area contributed by atoms with Crippen molar-refractivity contribution in [2.75, 3.05) is 18.0 Å². The van der Waals surface area contributed by atoms with Gasteiger partial charge < -0.3 is 10.0 Å². The van der Waals surface area contributed by atoms with Crippen molar-refractivity contribution in [3.63, 3.8) is 0 Å². The zero-order valence-corrected chi connectivity index (χ0v) is 8.97. The second-order valence-electron chi connectivity index (χ2n) is 3.19. The monoisotopic (exact) mass is 218 g/mol.